The summed E-state index contributed by atoms with van der Waals surface area (Å²) in [5.41, 5.74) is 4.93. The molecule has 1 unspecified atom stereocenters. The van der Waals surface area contributed by atoms with Crippen LogP contribution in [0.2, 0.25) is 0 Å². The Hall–Kier alpha value is -6.38. The van der Waals surface area contributed by atoms with Crippen molar-refractivity contribution >= 4 is 46.8 Å². The highest BCUT2D eigenvalue weighted by molar-refractivity contribution is 6.08. The van der Waals surface area contributed by atoms with Crippen LogP contribution in [0, 0.1) is 0 Å². The van der Waals surface area contributed by atoms with E-state index in [0.717, 1.165) is 22.3 Å². The number of fused-ring (bicyclic) bond motifs is 2. The molecule has 2 aliphatic rings. The van der Waals surface area contributed by atoms with Crippen molar-refractivity contribution in [2.24, 2.45) is 0 Å². The fourth-order valence-corrected chi connectivity index (χ4v) is 8.74. The van der Waals surface area contributed by atoms with Crippen molar-refractivity contribution in [1.82, 2.24) is 31.9 Å². The van der Waals surface area contributed by atoms with Crippen LogP contribution in [0.1, 0.15) is 93.6 Å². The lowest BCUT2D eigenvalue weighted by Gasteiger charge is -2.31. The molecule has 344 valence electrons. The minimum Gasteiger partial charge on any atom is -0.348 e. The second-order valence-electron chi connectivity index (χ2n) is 17.1. The zero-order valence-electron chi connectivity index (χ0n) is 38.1. The van der Waals surface area contributed by atoms with Crippen molar-refractivity contribution in [3.63, 3.8) is 0 Å². The van der Waals surface area contributed by atoms with Crippen LogP contribution in [0.25, 0.3) is 0 Å². The van der Waals surface area contributed by atoms with Gasteiger partial charge in [-0.1, -0.05) is 123 Å². The average Bonchev–Trinajstić information content (AvgIpc) is 3.91. The Morgan fingerprint density at radius 3 is 1.38 bits per heavy atom. The molecule has 0 aromatic heterocycles. The molecular weight excluding hydrogens is 821 g/mol. The van der Waals surface area contributed by atoms with E-state index in [1.54, 1.807) is 30.8 Å². The molecule has 6 N–H and O–H groups in total. The number of para-hydroxylation sites is 2. The molecular formula is C51H64N8O6. The van der Waals surface area contributed by atoms with Crippen molar-refractivity contribution in [3.8, 4) is 0 Å². The molecule has 7 atom stereocenters. The number of carbonyl (C=O) groups excluding carboxylic acids is 6. The lowest BCUT2D eigenvalue weighted by molar-refractivity contribution is -0.130. The van der Waals surface area contributed by atoms with Gasteiger partial charge in [0.05, 0.1) is 24.7 Å². The molecule has 4 aromatic carbocycles. The lowest BCUT2D eigenvalue weighted by atomic mass is 10.0. The molecule has 0 saturated heterocycles. The van der Waals surface area contributed by atoms with Gasteiger partial charge in [0, 0.05) is 24.2 Å². The summed E-state index contributed by atoms with van der Waals surface area (Å²) in [6.45, 7) is 5.55. The summed E-state index contributed by atoms with van der Waals surface area (Å²) < 4.78 is 0. The van der Waals surface area contributed by atoms with Gasteiger partial charge in [0.2, 0.25) is 35.4 Å². The predicted octanol–water partition coefficient (Wildman–Crippen LogP) is 4.79. The summed E-state index contributed by atoms with van der Waals surface area (Å²) in [6, 6.07) is 29.7. The van der Waals surface area contributed by atoms with E-state index in [2.05, 4.69) is 31.9 Å². The van der Waals surface area contributed by atoms with E-state index in [4.69, 9.17) is 0 Å². The van der Waals surface area contributed by atoms with Crippen LogP contribution in [0.4, 0.5) is 11.4 Å². The highest BCUT2D eigenvalue weighted by Crippen LogP contribution is 2.35. The molecule has 0 fully saturated rings. The Morgan fingerprint density at radius 1 is 0.538 bits per heavy atom. The molecule has 2 heterocycles. The number of unbranched alkanes of at least 4 members (excludes halogenated alkanes) is 3. The van der Waals surface area contributed by atoms with E-state index < -0.39 is 30.2 Å². The van der Waals surface area contributed by atoms with Crippen LogP contribution in [0.5, 0.6) is 0 Å². The third-order valence-corrected chi connectivity index (χ3v) is 12.5. The zero-order chi connectivity index (χ0) is 46.5. The summed E-state index contributed by atoms with van der Waals surface area (Å²) in [4.78, 5) is 86.6. The van der Waals surface area contributed by atoms with Crippen molar-refractivity contribution in [1.29, 1.82) is 0 Å². The number of rotatable bonds is 21. The number of nitrogens with one attached hydrogen (secondary N) is 6. The molecule has 0 radical (unpaired) electrons. The monoisotopic (exact) mass is 884 g/mol. The number of benzene rings is 4. The largest absolute Gasteiger partial charge is 0.348 e. The van der Waals surface area contributed by atoms with E-state index in [0.29, 0.717) is 62.7 Å². The molecule has 0 saturated carbocycles. The Morgan fingerprint density at radius 2 is 0.954 bits per heavy atom. The van der Waals surface area contributed by atoms with Gasteiger partial charge < -0.3 is 31.9 Å². The first kappa shape index (κ1) is 48.1. The van der Waals surface area contributed by atoms with E-state index in [-0.39, 0.29) is 54.1 Å². The van der Waals surface area contributed by atoms with Crippen LogP contribution < -0.4 is 41.7 Å². The quantitative estimate of drug-likeness (QED) is 0.0647. The van der Waals surface area contributed by atoms with Gasteiger partial charge in [-0.05, 0) is 82.1 Å². The maximum absolute atomic E-state index is 14.7. The van der Waals surface area contributed by atoms with Crippen molar-refractivity contribution in [2.45, 2.75) is 114 Å². The third-order valence-electron chi connectivity index (χ3n) is 12.5. The highest BCUT2D eigenvalue weighted by Gasteiger charge is 2.43. The van der Waals surface area contributed by atoms with Crippen molar-refractivity contribution in [3.05, 3.63) is 131 Å². The summed E-state index contributed by atoms with van der Waals surface area (Å²) in [5, 5.41) is 17.9. The van der Waals surface area contributed by atoms with E-state index in [9.17, 15) is 28.8 Å². The number of hydrogen-bond acceptors (Lipinski definition) is 8. The molecule has 6 amide bonds. The Kier molecular flexibility index (Phi) is 17.0. The third kappa shape index (κ3) is 12.1. The van der Waals surface area contributed by atoms with Crippen LogP contribution in [-0.2, 0) is 41.6 Å². The molecule has 14 heteroatoms. The van der Waals surface area contributed by atoms with E-state index in [1.165, 1.54) is 0 Å². The number of anilines is 2. The SMILES string of the molecule is CNCC(=O)NC(CCCCCC[C@H](NC(=O)[C@H](C)NC)C(=O)N1c2ccccc2C[C@H]1C(=O)N[C@H](C)c1ccccc1)C(=O)N1c2ccccc2C[C@H]1C(=O)N[C@H](C)c1ccccc1. The minimum absolute atomic E-state index is 0.0161. The molecule has 0 spiro atoms. The molecule has 2 aliphatic heterocycles. The predicted molar refractivity (Wildman–Crippen MR) is 253 cm³/mol. The highest BCUT2D eigenvalue weighted by atomic mass is 16.2. The summed E-state index contributed by atoms with van der Waals surface area (Å²) >= 11 is 0. The molecule has 0 aliphatic carbocycles. The summed E-state index contributed by atoms with van der Waals surface area (Å²) in [5.74, 6) is -1.95. The molecule has 4 aromatic rings. The molecule has 6 rings (SSSR count). The second kappa shape index (κ2) is 23.0. The van der Waals surface area contributed by atoms with Crippen molar-refractivity contribution < 1.29 is 28.8 Å². The van der Waals surface area contributed by atoms with Crippen LogP contribution >= 0.6 is 0 Å². The van der Waals surface area contributed by atoms with Crippen LogP contribution in [-0.4, -0.2) is 86.3 Å². The smallest absolute Gasteiger partial charge is 0.250 e. The number of likely N-dealkylation sites (N-methyl/N-ethyl adjacent to an activating group) is 2. The van der Waals surface area contributed by atoms with Gasteiger partial charge in [-0.3, -0.25) is 38.6 Å². The normalized spacial score (nSPS) is 17.4. The first-order valence-electron chi connectivity index (χ1n) is 22.9. The molecule has 0 bridgehead atoms. The average molecular weight is 885 g/mol. The van der Waals surface area contributed by atoms with Gasteiger partial charge in [-0.2, -0.15) is 0 Å². The Balaban J connectivity index is 1.13. The Bertz CT molecular complexity index is 2270. The van der Waals surface area contributed by atoms with Crippen LogP contribution in [0.15, 0.2) is 109 Å². The van der Waals surface area contributed by atoms with Crippen molar-refractivity contribution in [2.75, 3.05) is 30.4 Å². The van der Waals surface area contributed by atoms with Gasteiger partial charge in [0.25, 0.3) is 0 Å². The van der Waals surface area contributed by atoms with Gasteiger partial charge in [-0.15, -0.1) is 0 Å². The molecule has 65 heavy (non-hydrogen) atoms. The van der Waals surface area contributed by atoms with Gasteiger partial charge >= 0.3 is 0 Å². The van der Waals surface area contributed by atoms with Gasteiger partial charge in [-0.25, -0.2) is 0 Å². The Labute approximate surface area is 382 Å². The maximum atomic E-state index is 14.7. The fraction of sp³-hybridized carbons (Fsp3) is 0.412. The standard InChI is InChI=1S/C51H64N8O6/c1-33(36-20-10-8-11-21-36)54-48(62)44-30-38-24-16-18-28-42(38)58(44)50(64)40(56-46(60)32-52-4)26-14-6-7-15-27-41(57-47(61)35(3)53-5)51(65)59-43-29-19-17-25-39(43)31-45(59)49(63)55-34(2)37-22-12-9-13-23-37/h8-13,16-25,28-29,33-35,40-41,44-45,52-53H,6-7,14-15,26-27,30-32H2,1-5H3,(H,54,62)(H,55,63)(H,56,60)(H,57,61)/t33-,34-,35+,40?,41+,44+,45+/m1/s1. The number of amides is 6. The lowest BCUT2D eigenvalue weighted by Crippen LogP contribution is -2.56. The topological polar surface area (TPSA) is 181 Å². The number of carbonyl (C=O) groups is 6. The summed E-state index contributed by atoms with van der Waals surface area (Å²) in [6.07, 6.45) is 3.78. The number of nitrogens with zero attached hydrogens (tertiary/aromatic N) is 2. The van der Waals surface area contributed by atoms with Crippen LogP contribution in [0.3, 0.4) is 0 Å². The summed E-state index contributed by atoms with van der Waals surface area (Å²) in [7, 11) is 3.33. The fourth-order valence-electron chi connectivity index (χ4n) is 8.74. The van der Waals surface area contributed by atoms with Gasteiger partial charge in [0.1, 0.15) is 24.2 Å². The van der Waals surface area contributed by atoms with E-state index in [1.807, 2.05) is 123 Å². The molecule has 14 nitrogen and oxygen atoms in total. The first-order valence-corrected chi connectivity index (χ1v) is 22.9. The number of hydrogen-bond donors (Lipinski definition) is 6. The second-order valence-corrected chi connectivity index (χ2v) is 17.1. The zero-order valence-corrected chi connectivity index (χ0v) is 38.1. The van der Waals surface area contributed by atoms with Gasteiger partial charge in [0.15, 0.2) is 0 Å². The first-order chi connectivity index (χ1) is 31.4. The maximum Gasteiger partial charge on any atom is 0.250 e. The minimum atomic E-state index is -0.913. The van der Waals surface area contributed by atoms with E-state index >= 15 is 0 Å².